The molecule has 26 heavy (non-hydrogen) atoms. The largest absolute Gasteiger partial charge is 0.372 e. The third kappa shape index (κ3) is 3.49. The van der Waals surface area contributed by atoms with Gasteiger partial charge in [-0.25, -0.2) is 4.98 Å². The first-order chi connectivity index (χ1) is 12.6. The summed E-state index contributed by atoms with van der Waals surface area (Å²) in [5.41, 5.74) is 4.40. The zero-order chi connectivity index (χ0) is 18.7. The summed E-state index contributed by atoms with van der Waals surface area (Å²) in [6.45, 7) is 8.39. The van der Waals surface area contributed by atoms with E-state index in [0.717, 1.165) is 42.7 Å². The molecule has 6 nitrogen and oxygen atoms in total. The smallest absolute Gasteiger partial charge is 0.277 e. The third-order valence-electron chi connectivity index (χ3n) is 4.73. The van der Waals surface area contributed by atoms with Gasteiger partial charge >= 0.3 is 0 Å². The normalized spacial score (nSPS) is 11.2. The number of anilines is 1. The predicted octanol–water partition coefficient (Wildman–Crippen LogP) is 3.05. The van der Waals surface area contributed by atoms with Crippen LogP contribution in [0.3, 0.4) is 0 Å². The third-order valence-corrected chi connectivity index (χ3v) is 4.73. The Balaban J connectivity index is 1.91. The lowest BCUT2D eigenvalue weighted by atomic mass is 10.1. The van der Waals surface area contributed by atoms with Crippen molar-refractivity contribution in [2.24, 2.45) is 7.05 Å². The number of H-pyrrole nitrogens is 1. The van der Waals surface area contributed by atoms with E-state index in [1.165, 1.54) is 5.69 Å². The number of benzene rings is 1. The quantitative estimate of drug-likeness (QED) is 0.709. The number of aromatic amines is 1. The molecule has 0 unspecified atom stereocenters. The molecule has 1 N–H and O–H groups in total. The molecular weight excluding hydrogens is 326 g/mol. The lowest BCUT2D eigenvalue weighted by Crippen LogP contribution is -2.21. The number of fused-ring (bicyclic) bond motifs is 1. The van der Waals surface area contributed by atoms with E-state index >= 15 is 0 Å². The van der Waals surface area contributed by atoms with Crippen LogP contribution in [0.15, 0.2) is 29.1 Å². The van der Waals surface area contributed by atoms with Crippen molar-refractivity contribution >= 4 is 16.7 Å². The van der Waals surface area contributed by atoms with Crippen LogP contribution in [-0.4, -0.2) is 32.8 Å². The minimum absolute atomic E-state index is 0.123. The number of hydrogen-bond donors (Lipinski definition) is 1. The van der Waals surface area contributed by atoms with Gasteiger partial charge in [0.2, 0.25) is 0 Å². The summed E-state index contributed by atoms with van der Waals surface area (Å²) < 4.78 is 1.63. The first-order valence-corrected chi connectivity index (χ1v) is 9.36. The second-order valence-electron chi connectivity index (χ2n) is 6.55. The number of nitrogens with one attached hydrogen (secondary N) is 1. The Morgan fingerprint density at radius 3 is 2.42 bits per heavy atom. The zero-order valence-electron chi connectivity index (χ0n) is 16.0. The fourth-order valence-electron chi connectivity index (χ4n) is 3.39. The molecule has 0 saturated heterocycles. The molecule has 3 aromatic rings. The van der Waals surface area contributed by atoms with Crippen LogP contribution in [0.1, 0.15) is 44.3 Å². The highest BCUT2D eigenvalue weighted by Crippen LogP contribution is 2.18. The highest BCUT2D eigenvalue weighted by Gasteiger charge is 2.14. The van der Waals surface area contributed by atoms with Gasteiger partial charge in [0.25, 0.3) is 5.56 Å². The van der Waals surface area contributed by atoms with Gasteiger partial charge in [0.15, 0.2) is 5.52 Å². The van der Waals surface area contributed by atoms with Crippen LogP contribution in [0.25, 0.3) is 11.0 Å². The number of aryl methyl sites for hydroxylation is 2. The molecule has 0 saturated carbocycles. The second kappa shape index (κ2) is 7.72. The summed E-state index contributed by atoms with van der Waals surface area (Å²) in [5, 5.41) is 4.47. The van der Waals surface area contributed by atoms with Crippen LogP contribution in [-0.2, 0) is 19.9 Å². The Hall–Kier alpha value is -2.63. The molecular formula is C20H27N5O. The Kier molecular flexibility index (Phi) is 5.40. The average molecular weight is 353 g/mol. The van der Waals surface area contributed by atoms with Crippen molar-refractivity contribution in [2.45, 2.75) is 40.0 Å². The molecule has 0 amide bonds. The van der Waals surface area contributed by atoms with Gasteiger partial charge in [0, 0.05) is 32.2 Å². The van der Waals surface area contributed by atoms with E-state index in [2.05, 4.69) is 60.0 Å². The molecule has 2 heterocycles. The Morgan fingerprint density at radius 2 is 1.81 bits per heavy atom. The first kappa shape index (κ1) is 18.2. The van der Waals surface area contributed by atoms with E-state index in [9.17, 15) is 4.79 Å². The van der Waals surface area contributed by atoms with Crippen molar-refractivity contribution in [1.29, 1.82) is 0 Å². The van der Waals surface area contributed by atoms with Gasteiger partial charge < -0.3 is 9.88 Å². The molecule has 0 aliphatic heterocycles. The van der Waals surface area contributed by atoms with Gasteiger partial charge in [-0.3, -0.25) is 9.48 Å². The molecule has 0 aliphatic carbocycles. The maximum atomic E-state index is 12.5. The summed E-state index contributed by atoms with van der Waals surface area (Å²) >= 11 is 0. The van der Waals surface area contributed by atoms with Crippen molar-refractivity contribution in [1.82, 2.24) is 19.7 Å². The van der Waals surface area contributed by atoms with Gasteiger partial charge in [-0.15, -0.1) is 0 Å². The predicted molar refractivity (Wildman–Crippen MR) is 106 cm³/mol. The summed E-state index contributed by atoms with van der Waals surface area (Å²) in [6, 6.07) is 8.47. The van der Waals surface area contributed by atoms with Crippen LogP contribution >= 0.6 is 0 Å². The van der Waals surface area contributed by atoms with Crippen molar-refractivity contribution in [3.8, 4) is 0 Å². The maximum absolute atomic E-state index is 12.5. The van der Waals surface area contributed by atoms with Crippen LogP contribution in [0, 0.1) is 0 Å². The van der Waals surface area contributed by atoms with E-state index in [0.29, 0.717) is 17.8 Å². The molecule has 0 aliphatic rings. The fourth-order valence-corrected chi connectivity index (χ4v) is 3.39. The minimum Gasteiger partial charge on any atom is -0.372 e. The van der Waals surface area contributed by atoms with Crippen molar-refractivity contribution in [3.05, 3.63) is 51.7 Å². The number of hydrogen-bond acceptors (Lipinski definition) is 4. The van der Waals surface area contributed by atoms with Gasteiger partial charge in [0.05, 0.1) is 5.69 Å². The van der Waals surface area contributed by atoms with Gasteiger partial charge in [-0.1, -0.05) is 25.5 Å². The highest BCUT2D eigenvalue weighted by molar-refractivity contribution is 5.76. The summed E-state index contributed by atoms with van der Waals surface area (Å²) in [5.74, 6) is 0.684. The summed E-state index contributed by atoms with van der Waals surface area (Å²) in [7, 11) is 1.80. The van der Waals surface area contributed by atoms with Crippen molar-refractivity contribution < 1.29 is 0 Å². The lowest BCUT2D eigenvalue weighted by molar-refractivity contribution is 0.750. The molecule has 0 bridgehead atoms. The molecule has 0 radical (unpaired) electrons. The van der Waals surface area contributed by atoms with E-state index in [-0.39, 0.29) is 5.56 Å². The Morgan fingerprint density at radius 1 is 1.12 bits per heavy atom. The van der Waals surface area contributed by atoms with Crippen LogP contribution < -0.4 is 10.5 Å². The molecule has 0 spiro atoms. The summed E-state index contributed by atoms with van der Waals surface area (Å²) in [4.78, 5) is 22.4. The molecule has 138 valence electrons. The van der Waals surface area contributed by atoms with Gasteiger partial charge in [-0.05, 0) is 38.0 Å². The fraction of sp³-hybridized carbons (Fsp3) is 0.450. The van der Waals surface area contributed by atoms with Crippen LogP contribution in [0.5, 0.6) is 0 Å². The molecule has 0 atom stereocenters. The lowest BCUT2D eigenvalue weighted by Gasteiger charge is -2.21. The number of aromatic nitrogens is 4. The minimum atomic E-state index is -0.123. The second-order valence-corrected chi connectivity index (χ2v) is 6.55. The van der Waals surface area contributed by atoms with Crippen LogP contribution in [0.4, 0.5) is 5.69 Å². The van der Waals surface area contributed by atoms with Crippen LogP contribution in [0.2, 0.25) is 0 Å². The summed E-state index contributed by atoms with van der Waals surface area (Å²) in [6.07, 6.45) is 2.40. The standard InChI is InChI=1S/C20H27N5O/c1-5-8-16-18-19(24(4)23-16)20(26)22-17(21-18)13-14-9-11-15(12-10-14)25(6-2)7-3/h9-12H,5-8,13H2,1-4H3,(H,21,22,26). The monoisotopic (exact) mass is 353 g/mol. The topological polar surface area (TPSA) is 66.8 Å². The average Bonchev–Trinajstić information content (AvgIpc) is 2.94. The highest BCUT2D eigenvalue weighted by atomic mass is 16.1. The van der Waals surface area contributed by atoms with E-state index in [1.54, 1.807) is 11.7 Å². The van der Waals surface area contributed by atoms with E-state index in [1.807, 2.05) is 0 Å². The van der Waals surface area contributed by atoms with Crippen molar-refractivity contribution in [2.75, 3.05) is 18.0 Å². The molecule has 3 rings (SSSR count). The number of rotatable bonds is 7. The molecule has 6 heteroatoms. The van der Waals surface area contributed by atoms with E-state index < -0.39 is 0 Å². The maximum Gasteiger partial charge on any atom is 0.277 e. The SMILES string of the molecule is CCCc1nn(C)c2c(=O)[nH]c(Cc3ccc(N(CC)CC)cc3)nc12. The molecule has 1 aromatic carbocycles. The first-order valence-electron chi connectivity index (χ1n) is 9.36. The molecule has 2 aromatic heterocycles. The van der Waals surface area contributed by atoms with Crippen molar-refractivity contribution in [3.63, 3.8) is 0 Å². The molecule has 0 fully saturated rings. The van der Waals surface area contributed by atoms with E-state index in [4.69, 9.17) is 4.98 Å². The Labute approximate surface area is 153 Å². The Bertz CT molecular complexity index is 935. The van der Waals surface area contributed by atoms with Gasteiger partial charge in [0.1, 0.15) is 11.3 Å². The van der Waals surface area contributed by atoms with Gasteiger partial charge in [-0.2, -0.15) is 5.10 Å². The zero-order valence-corrected chi connectivity index (χ0v) is 16.0. The number of nitrogens with zero attached hydrogens (tertiary/aromatic N) is 4.